The molecule has 0 radical (unpaired) electrons. The van der Waals surface area contributed by atoms with E-state index in [4.69, 9.17) is 10.5 Å². The van der Waals surface area contributed by atoms with Gasteiger partial charge in [0.1, 0.15) is 11.0 Å². The van der Waals surface area contributed by atoms with Crippen LogP contribution in [0.4, 0.5) is 4.79 Å². The first-order valence-corrected chi connectivity index (χ1v) is 9.33. The number of amides is 4. The Labute approximate surface area is 155 Å². The number of likely N-dealkylation sites (tertiary alicyclic amines) is 1. The molecule has 0 unspecified atom stereocenters. The SMILES string of the molecule is COc1ccc([C@H]2c3sc(=O)[nH]c3S[C@H]3C(=O)N(C(N)=O)C(=O)[C@H]23)cc1. The van der Waals surface area contributed by atoms with Crippen LogP contribution in [0.3, 0.4) is 0 Å². The second-order valence-corrected chi connectivity index (χ2v) is 8.04. The number of methoxy groups -OCH3 is 1. The molecule has 2 aromatic rings. The first kappa shape index (κ1) is 16.9. The van der Waals surface area contributed by atoms with Gasteiger partial charge in [0.15, 0.2) is 0 Å². The van der Waals surface area contributed by atoms with E-state index in [1.54, 1.807) is 31.4 Å². The summed E-state index contributed by atoms with van der Waals surface area (Å²) in [5.41, 5.74) is 5.98. The molecular weight excluding hydrogens is 378 g/mol. The first-order chi connectivity index (χ1) is 12.4. The Bertz CT molecular complexity index is 981. The maximum absolute atomic E-state index is 12.8. The molecule has 0 spiro atoms. The summed E-state index contributed by atoms with van der Waals surface area (Å²) in [5.74, 6) is -1.95. The zero-order valence-corrected chi connectivity index (χ0v) is 15.1. The number of aromatic amines is 1. The molecule has 4 amide bonds. The number of thiazole rings is 1. The highest BCUT2D eigenvalue weighted by atomic mass is 32.2. The molecule has 2 aliphatic rings. The van der Waals surface area contributed by atoms with Crippen LogP contribution in [0.15, 0.2) is 34.1 Å². The van der Waals surface area contributed by atoms with Crippen LogP contribution in [-0.4, -0.2) is 40.1 Å². The number of ether oxygens (including phenoxy) is 1. The van der Waals surface area contributed by atoms with Crippen molar-refractivity contribution in [1.29, 1.82) is 0 Å². The van der Waals surface area contributed by atoms with Crippen molar-refractivity contribution in [2.24, 2.45) is 11.7 Å². The van der Waals surface area contributed by atoms with Crippen molar-refractivity contribution in [3.8, 4) is 5.75 Å². The summed E-state index contributed by atoms with van der Waals surface area (Å²) in [5, 5.41) is -0.255. The quantitative estimate of drug-likeness (QED) is 0.740. The van der Waals surface area contributed by atoms with Gasteiger partial charge in [0.05, 0.1) is 18.1 Å². The Kier molecular flexibility index (Phi) is 3.88. The number of urea groups is 1. The van der Waals surface area contributed by atoms with Gasteiger partial charge in [0.2, 0.25) is 5.91 Å². The smallest absolute Gasteiger partial charge is 0.328 e. The minimum absolute atomic E-state index is 0.257. The van der Waals surface area contributed by atoms with Gasteiger partial charge in [-0.25, -0.2) is 4.79 Å². The maximum Gasteiger partial charge on any atom is 0.328 e. The molecule has 4 rings (SSSR count). The number of rotatable bonds is 2. The van der Waals surface area contributed by atoms with E-state index < -0.39 is 34.9 Å². The molecule has 3 N–H and O–H groups in total. The third-order valence-electron chi connectivity index (χ3n) is 4.52. The van der Waals surface area contributed by atoms with Crippen LogP contribution in [0.5, 0.6) is 5.75 Å². The average molecular weight is 391 g/mol. The predicted octanol–water partition coefficient (Wildman–Crippen LogP) is 1.11. The van der Waals surface area contributed by atoms with Gasteiger partial charge < -0.3 is 15.5 Å². The van der Waals surface area contributed by atoms with Gasteiger partial charge >= 0.3 is 10.9 Å². The third-order valence-corrected chi connectivity index (χ3v) is 6.92. The molecule has 0 saturated carbocycles. The minimum Gasteiger partial charge on any atom is -0.497 e. The molecule has 10 heteroatoms. The number of fused-ring (bicyclic) bond motifs is 2. The van der Waals surface area contributed by atoms with Gasteiger partial charge in [-0.2, -0.15) is 4.90 Å². The summed E-state index contributed by atoms with van der Waals surface area (Å²) < 4.78 is 5.16. The molecule has 1 aromatic heterocycles. The van der Waals surface area contributed by atoms with Crippen LogP contribution < -0.4 is 15.3 Å². The predicted molar refractivity (Wildman–Crippen MR) is 94.3 cm³/mol. The topological polar surface area (TPSA) is 123 Å². The van der Waals surface area contributed by atoms with Crippen molar-refractivity contribution >= 4 is 40.9 Å². The Morgan fingerprint density at radius 3 is 2.50 bits per heavy atom. The summed E-state index contributed by atoms with van der Waals surface area (Å²) >= 11 is 2.10. The molecule has 1 saturated heterocycles. The van der Waals surface area contributed by atoms with Gasteiger partial charge in [-0.1, -0.05) is 35.2 Å². The van der Waals surface area contributed by atoms with E-state index in [1.165, 1.54) is 0 Å². The molecule has 0 bridgehead atoms. The molecule has 3 atom stereocenters. The second-order valence-electron chi connectivity index (χ2n) is 5.87. The van der Waals surface area contributed by atoms with Crippen LogP contribution in [0.1, 0.15) is 16.4 Å². The van der Waals surface area contributed by atoms with E-state index in [0.717, 1.165) is 28.7 Å². The van der Waals surface area contributed by atoms with E-state index in [9.17, 15) is 19.2 Å². The third kappa shape index (κ3) is 2.36. The lowest BCUT2D eigenvalue weighted by atomic mass is 9.83. The fraction of sp³-hybridized carbons (Fsp3) is 0.250. The van der Waals surface area contributed by atoms with E-state index in [2.05, 4.69) is 4.98 Å². The molecule has 1 aromatic carbocycles. The number of nitrogens with zero attached hydrogens (tertiary/aromatic N) is 1. The number of nitrogens with two attached hydrogens (primary N) is 1. The van der Waals surface area contributed by atoms with E-state index in [1.807, 2.05) is 0 Å². The van der Waals surface area contributed by atoms with Gasteiger partial charge in [-0.15, -0.1) is 0 Å². The maximum atomic E-state index is 12.8. The van der Waals surface area contributed by atoms with Crippen LogP contribution >= 0.6 is 23.1 Å². The highest BCUT2D eigenvalue weighted by Gasteiger charge is 2.57. The van der Waals surface area contributed by atoms with Crippen molar-refractivity contribution in [1.82, 2.24) is 9.88 Å². The van der Waals surface area contributed by atoms with Crippen molar-refractivity contribution in [3.63, 3.8) is 0 Å². The Hall–Kier alpha value is -2.59. The van der Waals surface area contributed by atoms with Gasteiger partial charge in [0.25, 0.3) is 5.91 Å². The molecule has 8 nitrogen and oxygen atoms in total. The number of aromatic nitrogens is 1. The van der Waals surface area contributed by atoms with Crippen molar-refractivity contribution in [2.45, 2.75) is 16.2 Å². The summed E-state index contributed by atoms with van der Waals surface area (Å²) in [6, 6.07) is 5.98. The lowest BCUT2D eigenvalue weighted by Gasteiger charge is -2.29. The van der Waals surface area contributed by atoms with Gasteiger partial charge in [0, 0.05) is 10.8 Å². The lowest BCUT2D eigenvalue weighted by Crippen LogP contribution is -2.41. The Balaban J connectivity index is 1.87. The van der Waals surface area contributed by atoms with Crippen LogP contribution in [0.25, 0.3) is 0 Å². The molecular formula is C16H13N3O5S2. The fourth-order valence-electron chi connectivity index (χ4n) is 3.40. The summed E-state index contributed by atoms with van der Waals surface area (Å²) in [6.07, 6.45) is 0. The molecule has 1 fully saturated rings. The average Bonchev–Trinajstić information content (AvgIpc) is 3.10. The van der Waals surface area contributed by atoms with E-state index in [-0.39, 0.29) is 4.87 Å². The first-order valence-electron chi connectivity index (χ1n) is 7.63. The normalized spacial score (nSPS) is 24.3. The minimum atomic E-state index is -1.08. The van der Waals surface area contributed by atoms with Crippen molar-refractivity contribution in [2.75, 3.05) is 7.11 Å². The number of thioether (sulfide) groups is 1. The van der Waals surface area contributed by atoms with Crippen LogP contribution in [0.2, 0.25) is 0 Å². The Morgan fingerprint density at radius 1 is 1.19 bits per heavy atom. The van der Waals surface area contributed by atoms with Crippen molar-refractivity contribution < 1.29 is 19.1 Å². The largest absolute Gasteiger partial charge is 0.497 e. The van der Waals surface area contributed by atoms with Crippen LogP contribution in [0, 0.1) is 5.92 Å². The molecule has 0 aliphatic carbocycles. The number of H-pyrrole nitrogens is 1. The number of hydrogen-bond acceptors (Lipinski definition) is 7. The summed E-state index contributed by atoms with van der Waals surface area (Å²) in [6.45, 7) is 0. The monoisotopic (exact) mass is 391 g/mol. The van der Waals surface area contributed by atoms with Gasteiger partial charge in [-0.3, -0.25) is 14.4 Å². The number of benzene rings is 1. The number of primary amides is 1. The van der Waals surface area contributed by atoms with Gasteiger partial charge in [-0.05, 0) is 17.7 Å². The number of hydrogen-bond donors (Lipinski definition) is 2. The van der Waals surface area contributed by atoms with E-state index in [0.29, 0.717) is 20.6 Å². The zero-order valence-electron chi connectivity index (χ0n) is 13.4. The molecule has 134 valence electrons. The number of nitrogens with one attached hydrogen (secondary N) is 1. The highest BCUT2D eigenvalue weighted by molar-refractivity contribution is 8.00. The lowest BCUT2D eigenvalue weighted by molar-refractivity contribution is -0.135. The summed E-state index contributed by atoms with van der Waals surface area (Å²) in [4.78, 5) is 52.4. The number of imide groups is 3. The second kappa shape index (κ2) is 5.99. The van der Waals surface area contributed by atoms with E-state index >= 15 is 0 Å². The Morgan fingerprint density at radius 2 is 1.88 bits per heavy atom. The number of carbonyl (C=O) groups excluding carboxylic acids is 3. The fourth-order valence-corrected chi connectivity index (χ4v) is 5.92. The molecule has 26 heavy (non-hydrogen) atoms. The molecule has 2 aliphatic heterocycles. The standard InChI is InChI=1S/C16H13N3O5S2/c1-24-7-4-2-6(3-5-7)8-9-11(14(21)19(13(9)20)15(17)22)25-12-10(8)26-16(23)18-12/h2-5,8-9,11H,1H3,(H2,17,22)(H,18,23)/t8-,9-,11-/m1/s1. The van der Waals surface area contributed by atoms with Crippen molar-refractivity contribution in [3.05, 3.63) is 44.4 Å². The summed E-state index contributed by atoms with van der Waals surface area (Å²) in [7, 11) is 1.54. The number of carbonyl (C=O) groups is 3. The molecule has 3 heterocycles. The zero-order chi connectivity index (χ0) is 18.6. The van der Waals surface area contributed by atoms with Crippen LogP contribution in [-0.2, 0) is 9.59 Å². The highest BCUT2D eigenvalue weighted by Crippen LogP contribution is 2.52.